The van der Waals surface area contributed by atoms with E-state index in [9.17, 15) is 4.79 Å². The topological polar surface area (TPSA) is 57.0 Å². The maximum Gasteiger partial charge on any atom is 0.316 e. The van der Waals surface area contributed by atoms with Gasteiger partial charge in [0.25, 0.3) is 0 Å². The first kappa shape index (κ1) is 16.0. The van der Waals surface area contributed by atoms with Crippen LogP contribution in [0.15, 0.2) is 16.6 Å². The zero-order chi connectivity index (χ0) is 15.2. The molecular weight excluding hydrogens is 306 g/mol. The van der Waals surface area contributed by atoms with Crippen molar-refractivity contribution in [2.75, 3.05) is 12.4 Å². The first-order chi connectivity index (χ1) is 10.2. The number of ether oxygens (including phenoxy) is 1. The standard InChI is InChI=1S/C14H19N3O2S2/c1-4-6-11-7-10(8-20-11)13-15-16-14(17(13)3)21-9-12(18)19-5-2/h7-8H,4-6,9H2,1-3H3. The minimum atomic E-state index is -0.229. The molecule has 0 fully saturated rings. The molecule has 0 aliphatic rings. The van der Waals surface area contributed by atoms with Crippen molar-refractivity contribution in [2.24, 2.45) is 7.05 Å². The van der Waals surface area contributed by atoms with E-state index in [0.717, 1.165) is 29.4 Å². The quantitative estimate of drug-likeness (QED) is 0.578. The zero-order valence-electron chi connectivity index (χ0n) is 12.5. The Hall–Kier alpha value is -1.34. The number of hydrogen-bond donors (Lipinski definition) is 0. The summed E-state index contributed by atoms with van der Waals surface area (Å²) in [6.45, 7) is 4.37. The molecule has 0 atom stereocenters. The fourth-order valence-electron chi connectivity index (χ4n) is 1.89. The van der Waals surface area contributed by atoms with E-state index in [1.54, 1.807) is 18.3 Å². The first-order valence-electron chi connectivity index (χ1n) is 6.91. The van der Waals surface area contributed by atoms with Gasteiger partial charge >= 0.3 is 5.97 Å². The number of carbonyl (C=O) groups is 1. The van der Waals surface area contributed by atoms with E-state index >= 15 is 0 Å². The number of nitrogens with zero attached hydrogens (tertiary/aromatic N) is 3. The van der Waals surface area contributed by atoms with Gasteiger partial charge in [-0.2, -0.15) is 0 Å². The molecule has 0 aromatic carbocycles. The summed E-state index contributed by atoms with van der Waals surface area (Å²) < 4.78 is 6.83. The molecule has 0 spiro atoms. The molecule has 0 saturated heterocycles. The predicted molar refractivity (Wildman–Crippen MR) is 85.7 cm³/mol. The number of rotatable bonds is 7. The highest BCUT2D eigenvalue weighted by atomic mass is 32.2. The maximum atomic E-state index is 11.4. The van der Waals surface area contributed by atoms with Crippen LogP contribution in [-0.2, 0) is 23.0 Å². The summed E-state index contributed by atoms with van der Waals surface area (Å²) in [6, 6.07) is 2.16. The second-order valence-electron chi connectivity index (χ2n) is 4.51. The smallest absolute Gasteiger partial charge is 0.316 e. The van der Waals surface area contributed by atoms with E-state index < -0.39 is 0 Å². The Morgan fingerprint density at radius 1 is 1.43 bits per heavy atom. The van der Waals surface area contributed by atoms with E-state index in [4.69, 9.17) is 4.74 Å². The highest BCUT2D eigenvalue weighted by Crippen LogP contribution is 2.27. The molecule has 0 bridgehead atoms. The van der Waals surface area contributed by atoms with Crippen molar-refractivity contribution < 1.29 is 9.53 Å². The van der Waals surface area contributed by atoms with Gasteiger partial charge in [-0.3, -0.25) is 4.79 Å². The third-order valence-corrected chi connectivity index (χ3v) is 4.86. The number of aromatic nitrogens is 3. The largest absolute Gasteiger partial charge is 0.465 e. The van der Waals surface area contributed by atoms with Crippen LogP contribution in [0.5, 0.6) is 0 Å². The number of aryl methyl sites for hydroxylation is 1. The molecule has 2 aromatic heterocycles. The average molecular weight is 325 g/mol. The van der Waals surface area contributed by atoms with Gasteiger partial charge in [0.1, 0.15) is 0 Å². The van der Waals surface area contributed by atoms with E-state index in [0.29, 0.717) is 6.61 Å². The summed E-state index contributed by atoms with van der Waals surface area (Å²) in [6.07, 6.45) is 2.23. The molecular formula is C14H19N3O2S2. The Morgan fingerprint density at radius 2 is 2.24 bits per heavy atom. The van der Waals surface area contributed by atoms with Crippen LogP contribution in [0.1, 0.15) is 25.1 Å². The van der Waals surface area contributed by atoms with Gasteiger partial charge in [0.15, 0.2) is 11.0 Å². The van der Waals surface area contributed by atoms with Crippen LogP contribution in [0, 0.1) is 0 Å². The van der Waals surface area contributed by atoms with Crippen molar-refractivity contribution in [1.82, 2.24) is 14.8 Å². The monoisotopic (exact) mass is 325 g/mol. The van der Waals surface area contributed by atoms with E-state index in [2.05, 4.69) is 28.6 Å². The zero-order valence-corrected chi connectivity index (χ0v) is 14.1. The fraction of sp³-hybridized carbons (Fsp3) is 0.500. The van der Waals surface area contributed by atoms with Crippen LogP contribution in [0.4, 0.5) is 0 Å². The van der Waals surface area contributed by atoms with Crippen LogP contribution in [0.2, 0.25) is 0 Å². The Balaban J connectivity index is 2.07. The lowest BCUT2D eigenvalue weighted by Gasteiger charge is -2.02. The molecule has 0 unspecified atom stereocenters. The van der Waals surface area contributed by atoms with Crippen LogP contribution >= 0.6 is 23.1 Å². The van der Waals surface area contributed by atoms with Gasteiger partial charge in [-0.15, -0.1) is 21.5 Å². The van der Waals surface area contributed by atoms with Gasteiger partial charge in [0, 0.05) is 22.9 Å². The van der Waals surface area contributed by atoms with Gasteiger partial charge in [0.05, 0.1) is 12.4 Å². The summed E-state index contributed by atoms with van der Waals surface area (Å²) in [5, 5.41) is 11.2. The molecule has 0 aliphatic heterocycles. The van der Waals surface area contributed by atoms with Crippen LogP contribution in [0.3, 0.4) is 0 Å². The SMILES string of the molecule is CCCc1cc(-c2nnc(SCC(=O)OCC)n2C)cs1. The lowest BCUT2D eigenvalue weighted by Crippen LogP contribution is -2.07. The Morgan fingerprint density at radius 3 is 2.95 bits per heavy atom. The maximum absolute atomic E-state index is 11.4. The normalized spacial score (nSPS) is 10.8. The summed E-state index contributed by atoms with van der Waals surface area (Å²) in [4.78, 5) is 12.7. The minimum absolute atomic E-state index is 0.229. The van der Waals surface area contributed by atoms with Gasteiger partial charge in [-0.1, -0.05) is 25.1 Å². The molecule has 7 heteroatoms. The molecule has 0 radical (unpaired) electrons. The number of esters is 1. The van der Waals surface area contributed by atoms with Gasteiger partial charge in [-0.05, 0) is 19.4 Å². The van der Waals surface area contributed by atoms with E-state index in [1.807, 2.05) is 11.6 Å². The molecule has 114 valence electrons. The molecule has 5 nitrogen and oxygen atoms in total. The summed E-state index contributed by atoms with van der Waals surface area (Å²) in [7, 11) is 1.92. The lowest BCUT2D eigenvalue weighted by molar-refractivity contribution is -0.139. The van der Waals surface area contributed by atoms with Crippen LogP contribution in [-0.4, -0.2) is 33.1 Å². The van der Waals surface area contributed by atoms with Crippen molar-refractivity contribution in [3.63, 3.8) is 0 Å². The van der Waals surface area contributed by atoms with E-state index in [1.165, 1.54) is 16.6 Å². The first-order valence-corrected chi connectivity index (χ1v) is 8.77. The fourth-order valence-corrected chi connectivity index (χ4v) is 3.57. The molecule has 0 N–H and O–H groups in total. The van der Waals surface area contributed by atoms with Crippen molar-refractivity contribution in [3.8, 4) is 11.4 Å². The summed E-state index contributed by atoms with van der Waals surface area (Å²) in [5.41, 5.74) is 1.08. The lowest BCUT2D eigenvalue weighted by atomic mass is 10.2. The molecule has 2 heterocycles. The Bertz CT molecular complexity index is 607. The van der Waals surface area contributed by atoms with Gasteiger partial charge in [-0.25, -0.2) is 0 Å². The molecule has 0 amide bonds. The van der Waals surface area contributed by atoms with Crippen molar-refractivity contribution in [1.29, 1.82) is 0 Å². The molecule has 0 saturated carbocycles. The number of carbonyl (C=O) groups excluding carboxylic acids is 1. The third kappa shape index (κ3) is 4.07. The Labute approximate surface area is 132 Å². The minimum Gasteiger partial charge on any atom is -0.465 e. The van der Waals surface area contributed by atoms with Gasteiger partial charge < -0.3 is 9.30 Å². The molecule has 0 aliphatic carbocycles. The second kappa shape index (κ2) is 7.61. The molecule has 2 rings (SSSR count). The highest BCUT2D eigenvalue weighted by Gasteiger charge is 2.14. The second-order valence-corrected chi connectivity index (χ2v) is 6.45. The van der Waals surface area contributed by atoms with E-state index in [-0.39, 0.29) is 11.7 Å². The number of hydrogen-bond acceptors (Lipinski definition) is 6. The van der Waals surface area contributed by atoms with Gasteiger partial charge in [0.2, 0.25) is 0 Å². The average Bonchev–Trinajstić information content (AvgIpc) is 3.04. The molecule has 21 heavy (non-hydrogen) atoms. The highest BCUT2D eigenvalue weighted by molar-refractivity contribution is 7.99. The van der Waals surface area contributed by atoms with Crippen molar-refractivity contribution >= 4 is 29.1 Å². The number of thioether (sulfide) groups is 1. The van der Waals surface area contributed by atoms with Crippen LogP contribution in [0.25, 0.3) is 11.4 Å². The summed E-state index contributed by atoms with van der Waals surface area (Å²) in [5.74, 6) is 0.859. The van der Waals surface area contributed by atoms with Crippen molar-refractivity contribution in [3.05, 3.63) is 16.3 Å². The molecule has 2 aromatic rings. The number of thiophene rings is 1. The Kier molecular flexibility index (Phi) is 5.81. The third-order valence-electron chi connectivity index (χ3n) is 2.87. The van der Waals surface area contributed by atoms with Crippen molar-refractivity contribution in [2.45, 2.75) is 31.8 Å². The van der Waals surface area contributed by atoms with Crippen LogP contribution < -0.4 is 0 Å². The predicted octanol–water partition coefficient (Wildman–Crippen LogP) is 3.15. The summed E-state index contributed by atoms with van der Waals surface area (Å²) >= 11 is 3.10.